The van der Waals surface area contributed by atoms with Crippen molar-refractivity contribution in [3.05, 3.63) is 168 Å². The van der Waals surface area contributed by atoms with Gasteiger partial charge in [0.1, 0.15) is 0 Å². The van der Waals surface area contributed by atoms with E-state index in [-0.39, 0.29) is 36.4 Å². The Morgan fingerprint density at radius 1 is 0.463 bits per heavy atom. The molecule has 0 saturated heterocycles. The summed E-state index contributed by atoms with van der Waals surface area (Å²) in [5.74, 6) is 0. The van der Waals surface area contributed by atoms with E-state index in [0.29, 0.717) is 0 Å². The molecule has 0 unspecified atom stereocenters. The summed E-state index contributed by atoms with van der Waals surface area (Å²) >= 11 is 0. The number of fused-ring (bicyclic) bond motifs is 9. The zero-order valence-electron chi connectivity index (χ0n) is 32.4. The van der Waals surface area contributed by atoms with Gasteiger partial charge in [-0.15, -0.1) is 53.1 Å². The van der Waals surface area contributed by atoms with Crippen molar-refractivity contribution in [2.75, 3.05) is 0 Å². The van der Waals surface area contributed by atoms with Gasteiger partial charge in [-0.25, -0.2) is 0 Å². The van der Waals surface area contributed by atoms with Gasteiger partial charge in [0.15, 0.2) is 0 Å². The fraction of sp³-hybridized carbons (Fsp3) is 0.216. The van der Waals surface area contributed by atoms with E-state index >= 15 is 0 Å². The second-order valence-corrected chi connectivity index (χ2v) is 17.0. The third-order valence-corrected chi connectivity index (χ3v) is 11.0. The molecular weight excluding hydrogens is 833 g/mol. The summed E-state index contributed by atoms with van der Waals surface area (Å²) in [6, 6.07) is 50.4. The molecule has 2 heterocycles. The van der Waals surface area contributed by atoms with E-state index < -0.39 is 0 Å². The van der Waals surface area contributed by atoms with E-state index in [2.05, 4.69) is 199 Å². The summed E-state index contributed by atoms with van der Waals surface area (Å²) < 4.78 is 0. The first-order valence-corrected chi connectivity index (χ1v) is 18.7. The number of rotatable bonds is 2. The molecule has 8 aromatic rings. The van der Waals surface area contributed by atoms with E-state index in [4.69, 9.17) is 0 Å². The quantitative estimate of drug-likeness (QED) is 0.128. The maximum absolute atomic E-state index is 4.64. The molecule has 3 heteroatoms. The number of hydrogen-bond acceptors (Lipinski definition) is 2. The molecule has 0 fully saturated rings. The van der Waals surface area contributed by atoms with Gasteiger partial charge in [0.05, 0.1) is 0 Å². The van der Waals surface area contributed by atoms with Gasteiger partial charge in [-0.2, -0.15) is 0 Å². The summed E-state index contributed by atoms with van der Waals surface area (Å²) in [6.45, 7) is 18.0. The average Bonchev–Trinajstić information content (AvgIpc) is 3.40. The summed E-state index contributed by atoms with van der Waals surface area (Å²) in [7, 11) is 0. The van der Waals surface area contributed by atoms with Crippen LogP contribution in [0, 0.1) is 12.1 Å². The number of hydrogen-bond donors (Lipinski definition) is 0. The molecule has 6 aromatic carbocycles. The fourth-order valence-corrected chi connectivity index (χ4v) is 7.87. The molecule has 9 rings (SSSR count). The standard InChI is InChI=1S/C27H22N.C24H24N.Ir/c1-27(2,3)19-14-15-28-26(17-19)18-12-13-24-22-10-5-4-8-20(22)21-9-6-7-11-23(21)25(24)16-18;1-23(2,3)17-12-13-25-22(15-17)16-10-11-21-19(14-16)18-8-6-7-9-20(18)24(21,4)5;/h4-11,13-17H,1-3H3;6-9,11-15H,1-5H3;/q2*-1;. The predicted octanol–water partition coefficient (Wildman–Crippen LogP) is 13.5. The van der Waals surface area contributed by atoms with Crippen LogP contribution in [0.15, 0.2) is 134 Å². The van der Waals surface area contributed by atoms with E-state index in [1.54, 1.807) is 0 Å². The van der Waals surface area contributed by atoms with Crippen molar-refractivity contribution in [2.24, 2.45) is 0 Å². The molecule has 54 heavy (non-hydrogen) atoms. The Bertz CT molecular complexity index is 2640. The maximum Gasteiger partial charge on any atom is 0.0163 e. The Morgan fingerprint density at radius 2 is 0.926 bits per heavy atom. The second-order valence-electron chi connectivity index (χ2n) is 17.0. The van der Waals surface area contributed by atoms with Crippen LogP contribution in [0.25, 0.3) is 66.0 Å². The van der Waals surface area contributed by atoms with Gasteiger partial charge in [0, 0.05) is 32.5 Å². The van der Waals surface area contributed by atoms with Crippen LogP contribution in [0.1, 0.15) is 77.6 Å². The monoisotopic (exact) mass is 879 g/mol. The van der Waals surface area contributed by atoms with Gasteiger partial charge in [-0.05, 0) is 78.2 Å². The Labute approximate surface area is 334 Å². The van der Waals surface area contributed by atoms with E-state index in [9.17, 15) is 0 Å². The van der Waals surface area contributed by atoms with E-state index in [0.717, 1.165) is 22.5 Å². The number of benzene rings is 6. The van der Waals surface area contributed by atoms with Gasteiger partial charge in [-0.3, -0.25) is 0 Å². The summed E-state index contributed by atoms with van der Waals surface area (Å²) in [4.78, 5) is 9.25. The summed E-state index contributed by atoms with van der Waals surface area (Å²) in [5, 5.41) is 7.63. The van der Waals surface area contributed by atoms with Crippen LogP contribution in [0.5, 0.6) is 0 Å². The third-order valence-electron chi connectivity index (χ3n) is 11.0. The molecule has 1 aliphatic rings. The minimum absolute atomic E-state index is 0. The third kappa shape index (κ3) is 6.70. The smallest absolute Gasteiger partial charge is 0.0163 e. The van der Waals surface area contributed by atoms with Crippen molar-refractivity contribution >= 4 is 32.3 Å². The van der Waals surface area contributed by atoms with Crippen molar-refractivity contribution in [3.8, 4) is 33.6 Å². The van der Waals surface area contributed by atoms with E-state index in [1.165, 1.54) is 65.7 Å². The SMILES string of the molecule is CC(C)(C)c1ccnc(-c2[c-]cc3c(c2)-c2ccccc2C3(C)C)c1.CC(C)(C)c1ccnc(-c2[c-]cc3c4ccccc4c4ccccc4c3c2)c1.[Ir]. The molecule has 0 amide bonds. The molecule has 0 N–H and O–H groups in total. The Morgan fingerprint density at radius 3 is 1.48 bits per heavy atom. The zero-order chi connectivity index (χ0) is 37.1. The summed E-state index contributed by atoms with van der Waals surface area (Å²) in [6.07, 6.45) is 3.82. The zero-order valence-corrected chi connectivity index (χ0v) is 34.8. The maximum atomic E-state index is 4.64. The minimum atomic E-state index is 0. The van der Waals surface area contributed by atoms with Crippen molar-refractivity contribution in [3.63, 3.8) is 0 Å². The van der Waals surface area contributed by atoms with Crippen molar-refractivity contribution < 1.29 is 20.1 Å². The van der Waals surface area contributed by atoms with Crippen LogP contribution >= 0.6 is 0 Å². The normalized spacial score (nSPS) is 13.2. The molecule has 0 atom stereocenters. The van der Waals surface area contributed by atoms with Crippen LogP contribution < -0.4 is 0 Å². The molecule has 2 aromatic heterocycles. The van der Waals surface area contributed by atoms with Gasteiger partial charge >= 0.3 is 0 Å². The Hall–Kier alpha value is -4.95. The molecule has 0 aliphatic heterocycles. The van der Waals surface area contributed by atoms with Crippen LogP contribution in [0.2, 0.25) is 0 Å². The molecule has 1 radical (unpaired) electrons. The Kier molecular flexibility index (Phi) is 9.71. The van der Waals surface area contributed by atoms with Crippen molar-refractivity contribution in [1.29, 1.82) is 0 Å². The number of nitrogens with zero attached hydrogens (tertiary/aromatic N) is 2. The van der Waals surface area contributed by atoms with E-state index in [1.807, 2.05) is 12.4 Å². The van der Waals surface area contributed by atoms with Crippen LogP contribution in [0.3, 0.4) is 0 Å². The van der Waals surface area contributed by atoms with Crippen LogP contribution in [-0.4, -0.2) is 9.97 Å². The Balaban J connectivity index is 0.000000165. The minimum Gasteiger partial charge on any atom is -0.305 e. The summed E-state index contributed by atoms with van der Waals surface area (Å²) in [5.41, 5.74) is 12.3. The first-order chi connectivity index (χ1) is 25.3. The number of aromatic nitrogens is 2. The average molecular weight is 879 g/mol. The fourth-order valence-electron chi connectivity index (χ4n) is 7.87. The topological polar surface area (TPSA) is 25.8 Å². The molecule has 0 spiro atoms. The van der Waals surface area contributed by atoms with Gasteiger partial charge < -0.3 is 9.97 Å². The van der Waals surface area contributed by atoms with Gasteiger partial charge in [0.25, 0.3) is 0 Å². The second kappa shape index (κ2) is 14.0. The van der Waals surface area contributed by atoms with Crippen LogP contribution in [-0.2, 0) is 36.4 Å². The molecule has 0 saturated carbocycles. The van der Waals surface area contributed by atoms with Crippen molar-refractivity contribution in [1.82, 2.24) is 9.97 Å². The van der Waals surface area contributed by atoms with Crippen molar-refractivity contribution in [2.45, 2.75) is 71.6 Å². The molecule has 0 bridgehead atoms. The molecule has 271 valence electrons. The molecule has 1 aliphatic carbocycles. The van der Waals surface area contributed by atoms with Gasteiger partial charge in [0.2, 0.25) is 0 Å². The number of pyridine rings is 2. The first-order valence-electron chi connectivity index (χ1n) is 18.7. The first kappa shape index (κ1) is 37.4. The largest absolute Gasteiger partial charge is 0.305 e. The predicted molar refractivity (Wildman–Crippen MR) is 224 cm³/mol. The molecular formula is C51H46IrN2-2. The molecule has 2 nitrogen and oxygen atoms in total. The van der Waals surface area contributed by atoms with Crippen LogP contribution in [0.4, 0.5) is 0 Å². The van der Waals surface area contributed by atoms with Gasteiger partial charge in [-0.1, -0.05) is 162 Å².